The van der Waals surface area contributed by atoms with Crippen LogP contribution in [0.15, 0.2) is 39.6 Å². The van der Waals surface area contributed by atoms with Crippen LogP contribution in [-0.4, -0.2) is 18.8 Å². The Morgan fingerprint density at radius 2 is 2.00 bits per heavy atom. The van der Waals surface area contributed by atoms with Gasteiger partial charge in [-0.05, 0) is 36.8 Å². The third kappa shape index (κ3) is 2.73. The maximum atomic E-state index is 11.9. The number of nitrogens with zero attached hydrogens (tertiary/aromatic N) is 1. The van der Waals surface area contributed by atoms with Crippen molar-refractivity contribution in [3.63, 3.8) is 0 Å². The van der Waals surface area contributed by atoms with Crippen molar-refractivity contribution in [3.8, 4) is 11.5 Å². The molecule has 5 heteroatoms. The second kappa shape index (κ2) is 6.35. The predicted octanol–water partition coefficient (Wildman–Crippen LogP) is 2.67. The SMILES string of the molecule is CCCCOc1c(/C=C2/C=Cc3cc(O)ccc3N2C)c(=O)c1=O. The summed E-state index contributed by atoms with van der Waals surface area (Å²) in [7, 11) is 1.87. The number of benzene rings is 1. The van der Waals surface area contributed by atoms with Gasteiger partial charge in [0.2, 0.25) is 5.43 Å². The minimum Gasteiger partial charge on any atom is -0.508 e. The molecule has 2 aromatic carbocycles. The van der Waals surface area contributed by atoms with Crippen LogP contribution in [0, 0.1) is 0 Å². The highest BCUT2D eigenvalue weighted by Gasteiger charge is 2.22. The molecular formula is C19H19NO4. The zero-order chi connectivity index (χ0) is 17.3. The number of aromatic hydroxyl groups is 1. The van der Waals surface area contributed by atoms with Crippen LogP contribution in [0.2, 0.25) is 0 Å². The number of phenolic OH excluding ortho intramolecular Hbond substituents is 1. The molecule has 0 unspecified atom stereocenters. The number of rotatable bonds is 5. The minimum atomic E-state index is -0.550. The van der Waals surface area contributed by atoms with Gasteiger partial charge in [0, 0.05) is 24.0 Å². The van der Waals surface area contributed by atoms with E-state index < -0.39 is 10.9 Å². The first kappa shape index (κ1) is 16.1. The highest BCUT2D eigenvalue weighted by atomic mass is 16.5. The van der Waals surface area contributed by atoms with E-state index in [1.54, 1.807) is 18.2 Å². The summed E-state index contributed by atoms with van der Waals surface area (Å²) in [5.74, 6) is 0.368. The fourth-order valence-corrected chi connectivity index (χ4v) is 2.68. The molecule has 0 saturated carbocycles. The first-order valence-electron chi connectivity index (χ1n) is 7.95. The number of unbranched alkanes of at least 4 members (excludes halogenated alkanes) is 1. The summed E-state index contributed by atoms with van der Waals surface area (Å²) in [6, 6.07) is 5.10. The first-order chi connectivity index (χ1) is 11.5. The first-order valence-corrected chi connectivity index (χ1v) is 7.95. The number of ether oxygens (including phenoxy) is 1. The lowest BCUT2D eigenvalue weighted by molar-refractivity contribution is 0.302. The fraction of sp³-hybridized carbons (Fsp3) is 0.263. The van der Waals surface area contributed by atoms with E-state index in [2.05, 4.69) is 0 Å². The normalized spacial score (nSPS) is 15.1. The van der Waals surface area contributed by atoms with Gasteiger partial charge in [-0.3, -0.25) is 9.59 Å². The van der Waals surface area contributed by atoms with Gasteiger partial charge in [-0.25, -0.2) is 0 Å². The van der Waals surface area contributed by atoms with Crippen LogP contribution in [0.4, 0.5) is 5.69 Å². The molecule has 124 valence electrons. The van der Waals surface area contributed by atoms with E-state index in [0.717, 1.165) is 29.8 Å². The van der Waals surface area contributed by atoms with Gasteiger partial charge in [0.1, 0.15) is 5.75 Å². The molecule has 5 nitrogen and oxygen atoms in total. The summed E-state index contributed by atoms with van der Waals surface area (Å²) in [5.41, 5.74) is 1.84. The lowest BCUT2D eigenvalue weighted by Crippen LogP contribution is -2.36. The maximum absolute atomic E-state index is 11.9. The summed E-state index contributed by atoms with van der Waals surface area (Å²) in [6.45, 7) is 2.47. The van der Waals surface area contributed by atoms with Crippen LogP contribution in [0.3, 0.4) is 0 Å². The van der Waals surface area contributed by atoms with Gasteiger partial charge in [0.05, 0.1) is 12.2 Å². The molecule has 0 atom stereocenters. The molecule has 3 rings (SSSR count). The van der Waals surface area contributed by atoms with E-state index in [1.165, 1.54) is 0 Å². The smallest absolute Gasteiger partial charge is 0.268 e. The quantitative estimate of drug-likeness (QED) is 0.676. The van der Waals surface area contributed by atoms with Crippen LogP contribution in [0.25, 0.3) is 12.2 Å². The Labute approximate surface area is 139 Å². The lowest BCUT2D eigenvalue weighted by atomic mass is 10.0. The largest absolute Gasteiger partial charge is 0.508 e. The van der Waals surface area contributed by atoms with Gasteiger partial charge in [0.25, 0.3) is 5.43 Å². The number of hydrogen-bond donors (Lipinski definition) is 1. The van der Waals surface area contributed by atoms with E-state index in [0.29, 0.717) is 12.2 Å². The zero-order valence-corrected chi connectivity index (χ0v) is 13.7. The molecule has 0 bridgehead atoms. The van der Waals surface area contributed by atoms with Crippen LogP contribution < -0.4 is 20.5 Å². The molecule has 0 spiro atoms. The molecule has 0 radical (unpaired) electrons. The average Bonchev–Trinajstić information content (AvgIpc) is 2.58. The fourth-order valence-electron chi connectivity index (χ4n) is 2.68. The van der Waals surface area contributed by atoms with Gasteiger partial charge in [-0.1, -0.05) is 19.4 Å². The second-order valence-electron chi connectivity index (χ2n) is 5.81. The lowest BCUT2D eigenvalue weighted by Gasteiger charge is -2.26. The van der Waals surface area contributed by atoms with Gasteiger partial charge in [-0.15, -0.1) is 0 Å². The second-order valence-corrected chi connectivity index (χ2v) is 5.81. The van der Waals surface area contributed by atoms with Crippen molar-refractivity contribution < 1.29 is 9.84 Å². The Balaban J connectivity index is 1.91. The third-order valence-electron chi connectivity index (χ3n) is 4.13. The van der Waals surface area contributed by atoms with Crippen LogP contribution in [0.5, 0.6) is 11.5 Å². The van der Waals surface area contributed by atoms with E-state index in [-0.39, 0.29) is 11.5 Å². The molecule has 1 aliphatic rings. The molecule has 0 amide bonds. The van der Waals surface area contributed by atoms with Gasteiger partial charge < -0.3 is 14.7 Å². The molecule has 2 aromatic rings. The number of phenols is 1. The number of hydrogen-bond acceptors (Lipinski definition) is 5. The van der Waals surface area contributed by atoms with Crippen LogP contribution in [0.1, 0.15) is 30.9 Å². The Hall–Kier alpha value is -2.82. The van der Waals surface area contributed by atoms with Crippen molar-refractivity contribution in [2.75, 3.05) is 18.6 Å². The third-order valence-corrected chi connectivity index (χ3v) is 4.13. The zero-order valence-electron chi connectivity index (χ0n) is 13.7. The van der Waals surface area contributed by atoms with E-state index in [9.17, 15) is 14.7 Å². The standard InChI is InChI=1S/C19H19NO4/c1-3-4-9-24-19-15(17(22)18(19)23)11-13-6-5-12-10-14(21)7-8-16(12)20(13)2/h5-8,10-11,21H,3-4,9H2,1-2H3/b13-11-. The number of anilines is 1. The van der Waals surface area contributed by atoms with E-state index >= 15 is 0 Å². The van der Waals surface area contributed by atoms with Crippen molar-refractivity contribution in [1.82, 2.24) is 0 Å². The van der Waals surface area contributed by atoms with Crippen molar-refractivity contribution in [1.29, 1.82) is 0 Å². The van der Waals surface area contributed by atoms with Gasteiger partial charge >= 0.3 is 0 Å². The minimum absolute atomic E-state index is 0.166. The Morgan fingerprint density at radius 3 is 2.75 bits per heavy atom. The molecular weight excluding hydrogens is 306 g/mol. The van der Waals surface area contributed by atoms with Crippen molar-refractivity contribution in [3.05, 3.63) is 61.5 Å². The highest BCUT2D eigenvalue weighted by Crippen LogP contribution is 2.33. The highest BCUT2D eigenvalue weighted by molar-refractivity contribution is 5.81. The Morgan fingerprint density at radius 1 is 1.21 bits per heavy atom. The predicted molar refractivity (Wildman–Crippen MR) is 95.3 cm³/mol. The topological polar surface area (TPSA) is 66.8 Å². The van der Waals surface area contributed by atoms with Crippen LogP contribution in [-0.2, 0) is 0 Å². The van der Waals surface area contributed by atoms with Crippen LogP contribution >= 0.6 is 0 Å². The number of allylic oxidation sites excluding steroid dienone is 1. The van der Waals surface area contributed by atoms with Crippen molar-refractivity contribution >= 4 is 17.8 Å². The number of fused-ring (bicyclic) bond motifs is 1. The average molecular weight is 325 g/mol. The summed E-state index contributed by atoms with van der Waals surface area (Å²) in [4.78, 5) is 25.5. The molecule has 0 aliphatic carbocycles. The maximum Gasteiger partial charge on any atom is 0.268 e. The molecule has 0 saturated heterocycles. The molecule has 0 aromatic heterocycles. The number of likely N-dealkylation sites (N-methyl/N-ethyl adjacent to an activating group) is 1. The molecule has 1 heterocycles. The Bertz CT molecular complexity index is 901. The van der Waals surface area contributed by atoms with E-state index in [4.69, 9.17) is 4.74 Å². The van der Waals surface area contributed by atoms with Gasteiger partial charge in [-0.2, -0.15) is 0 Å². The summed E-state index contributed by atoms with van der Waals surface area (Å²) in [5, 5.41) is 9.56. The summed E-state index contributed by atoms with van der Waals surface area (Å²) in [6.07, 6.45) is 7.18. The van der Waals surface area contributed by atoms with Gasteiger partial charge in [0.15, 0.2) is 5.75 Å². The summed E-state index contributed by atoms with van der Waals surface area (Å²) >= 11 is 0. The monoisotopic (exact) mass is 325 g/mol. The van der Waals surface area contributed by atoms with E-state index in [1.807, 2.05) is 37.1 Å². The van der Waals surface area contributed by atoms with Crippen molar-refractivity contribution in [2.24, 2.45) is 0 Å². The molecule has 1 N–H and O–H groups in total. The molecule has 24 heavy (non-hydrogen) atoms. The summed E-state index contributed by atoms with van der Waals surface area (Å²) < 4.78 is 5.46. The Kier molecular flexibility index (Phi) is 4.25. The van der Waals surface area contributed by atoms with Crippen molar-refractivity contribution in [2.45, 2.75) is 19.8 Å². The molecule has 1 aliphatic heterocycles. The molecule has 0 fully saturated rings.